The van der Waals surface area contributed by atoms with Crippen LogP contribution in [0.2, 0.25) is 0 Å². The Balaban J connectivity index is 2.42. The Morgan fingerprint density at radius 1 is 1.50 bits per heavy atom. The summed E-state index contributed by atoms with van der Waals surface area (Å²) in [6.45, 7) is 0.470. The molecule has 0 N–H and O–H groups in total. The van der Waals surface area contributed by atoms with Crippen LogP contribution in [0.4, 0.5) is 4.39 Å². The summed E-state index contributed by atoms with van der Waals surface area (Å²) in [5.41, 5.74) is -0.0712. The largest absolute Gasteiger partial charge is 0.496 e. The third-order valence-electron chi connectivity index (χ3n) is 2.35. The van der Waals surface area contributed by atoms with E-state index in [1.807, 2.05) is 0 Å². The van der Waals surface area contributed by atoms with Crippen molar-refractivity contribution in [2.24, 2.45) is 0 Å². The standard InChI is InChI=1S/C12H11FO3/c1-15-9-5-2-4-8(13)11(9)12(14)10-6-3-7-16-10/h2,4-6H,3,7H2,1H3. The molecule has 84 valence electrons. The maximum Gasteiger partial charge on any atom is 0.233 e. The zero-order chi connectivity index (χ0) is 11.5. The molecule has 0 bridgehead atoms. The summed E-state index contributed by atoms with van der Waals surface area (Å²) < 4.78 is 23.6. The van der Waals surface area contributed by atoms with Gasteiger partial charge in [0, 0.05) is 6.42 Å². The number of benzene rings is 1. The highest BCUT2D eigenvalue weighted by atomic mass is 19.1. The van der Waals surface area contributed by atoms with Crippen LogP contribution in [0.15, 0.2) is 30.0 Å². The van der Waals surface area contributed by atoms with Crippen LogP contribution in [0.5, 0.6) is 5.75 Å². The predicted octanol–water partition coefficient (Wildman–Crippen LogP) is 2.32. The molecule has 3 nitrogen and oxygen atoms in total. The van der Waals surface area contributed by atoms with E-state index in [0.717, 1.165) is 0 Å². The average molecular weight is 222 g/mol. The fourth-order valence-corrected chi connectivity index (χ4v) is 1.59. The third-order valence-corrected chi connectivity index (χ3v) is 2.35. The molecule has 0 spiro atoms. The van der Waals surface area contributed by atoms with Crippen LogP contribution in [0, 0.1) is 5.82 Å². The van der Waals surface area contributed by atoms with E-state index in [1.165, 1.54) is 19.2 Å². The van der Waals surface area contributed by atoms with Gasteiger partial charge in [0.1, 0.15) is 17.1 Å². The number of carbonyl (C=O) groups is 1. The summed E-state index contributed by atoms with van der Waals surface area (Å²) in [6.07, 6.45) is 2.34. The second-order valence-corrected chi connectivity index (χ2v) is 3.35. The lowest BCUT2D eigenvalue weighted by atomic mass is 10.1. The van der Waals surface area contributed by atoms with Crippen LogP contribution >= 0.6 is 0 Å². The van der Waals surface area contributed by atoms with Crippen molar-refractivity contribution in [2.45, 2.75) is 6.42 Å². The van der Waals surface area contributed by atoms with Crippen molar-refractivity contribution in [3.8, 4) is 5.75 Å². The number of halogens is 1. The second kappa shape index (κ2) is 4.35. The number of ether oxygens (including phenoxy) is 2. The van der Waals surface area contributed by atoms with E-state index in [-0.39, 0.29) is 17.1 Å². The van der Waals surface area contributed by atoms with Crippen LogP contribution in [0.3, 0.4) is 0 Å². The molecule has 0 saturated heterocycles. The molecule has 1 aromatic rings. The van der Waals surface area contributed by atoms with Gasteiger partial charge < -0.3 is 9.47 Å². The lowest BCUT2D eigenvalue weighted by Crippen LogP contribution is -2.08. The number of Topliss-reactive ketones (excluding diaryl/α,β-unsaturated/α-hetero) is 1. The monoisotopic (exact) mass is 222 g/mol. The Morgan fingerprint density at radius 3 is 2.94 bits per heavy atom. The van der Waals surface area contributed by atoms with Crippen molar-refractivity contribution < 1.29 is 18.7 Å². The molecule has 0 fully saturated rings. The Bertz CT molecular complexity index is 452. The number of rotatable bonds is 3. The molecule has 1 heterocycles. The maximum atomic E-state index is 13.6. The first kappa shape index (κ1) is 10.7. The molecule has 0 aromatic heterocycles. The van der Waals surface area contributed by atoms with Gasteiger partial charge in [-0.15, -0.1) is 0 Å². The average Bonchev–Trinajstić information content (AvgIpc) is 2.81. The van der Waals surface area contributed by atoms with Crippen LogP contribution in [-0.4, -0.2) is 19.5 Å². The zero-order valence-corrected chi connectivity index (χ0v) is 8.83. The van der Waals surface area contributed by atoms with Gasteiger partial charge in [-0.1, -0.05) is 6.07 Å². The van der Waals surface area contributed by atoms with Gasteiger partial charge in [0.05, 0.1) is 13.7 Å². The highest BCUT2D eigenvalue weighted by molar-refractivity contribution is 6.09. The van der Waals surface area contributed by atoms with E-state index < -0.39 is 11.6 Å². The molecule has 2 rings (SSSR count). The molecule has 0 radical (unpaired) electrons. The Hall–Kier alpha value is -1.84. The molecule has 1 aromatic carbocycles. The third kappa shape index (κ3) is 1.78. The number of carbonyl (C=O) groups excluding carboxylic acids is 1. The summed E-state index contributed by atoms with van der Waals surface area (Å²) in [7, 11) is 1.40. The predicted molar refractivity (Wildman–Crippen MR) is 55.9 cm³/mol. The molecular weight excluding hydrogens is 211 g/mol. The van der Waals surface area contributed by atoms with Gasteiger partial charge in [-0.05, 0) is 18.2 Å². The minimum absolute atomic E-state index is 0.0712. The fraction of sp³-hybridized carbons (Fsp3) is 0.250. The SMILES string of the molecule is COc1cccc(F)c1C(=O)C1=CCCO1. The summed E-state index contributed by atoms with van der Waals surface area (Å²) in [4.78, 5) is 11.9. The minimum atomic E-state index is -0.597. The van der Waals surface area contributed by atoms with Crippen LogP contribution in [0.1, 0.15) is 16.8 Å². The lowest BCUT2D eigenvalue weighted by Gasteiger charge is -2.08. The van der Waals surface area contributed by atoms with Gasteiger partial charge in [-0.2, -0.15) is 0 Å². The van der Waals surface area contributed by atoms with Crippen molar-refractivity contribution in [1.29, 1.82) is 0 Å². The Kier molecular flexibility index (Phi) is 2.90. The van der Waals surface area contributed by atoms with Crippen molar-refractivity contribution in [3.63, 3.8) is 0 Å². The van der Waals surface area contributed by atoms with Gasteiger partial charge in [-0.3, -0.25) is 4.79 Å². The zero-order valence-electron chi connectivity index (χ0n) is 8.83. The number of ketones is 1. The van der Waals surface area contributed by atoms with Crippen LogP contribution < -0.4 is 4.74 Å². The molecule has 4 heteroatoms. The Labute approximate surface area is 92.5 Å². The highest BCUT2D eigenvalue weighted by Crippen LogP contribution is 2.26. The molecule has 1 aliphatic rings. The van der Waals surface area contributed by atoms with E-state index >= 15 is 0 Å². The van der Waals surface area contributed by atoms with Gasteiger partial charge in [0.25, 0.3) is 0 Å². The summed E-state index contributed by atoms with van der Waals surface area (Å²) >= 11 is 0. The van der Waals surface area contributed by atoms with E-state index in [2.05, 4.69) is 0 Å². The van der Waals surface area contributed by atoms with E-state index in [1.54, 1.807) is 12.1 Å². The van der Waals surface area contributed by atoms with E-state index in [0.29, 0.717) is 13.0 Å². The van der Waals surface area contributed by atoms with Crippen molar-refractivity contribution in [1.82, 2.24) is 0 Å². The number of methoxy groups -OCH3 is 1. The van der Waals surface area contributed by atoms with E-state index in [9.17, 15) is 9.18 Å². The van der Waals surface area contributed by atoms with Gasteiger partial charge in [-0.25, -0.2) is 4.39 Å². The fourth-order valence-electron chi connectivity index (χ4n) is 1.59. The first-order valence-electron chi connectivity index (χ1n) is 4.94. The number of allylic oxidation sites excluding steroid dienone is 1. The van der Waals surface area contributed by atoms with Crippen molar-refractivity contribution in [2.75, 3.05) is 13.7 Å². The summed E-state index contributed by atoms with van der Waals surface area (Å²) in [6, 6.07) is 4.27. The van der Waals surface area contributed by atoms with Crippen molar-refractivity contribution in [3.05, 3.63) is 41.4 Å². The van der Waals surface area contributed by atoms with Crippen LogP contribution in [0.25, 0.3) is 0 Å². The van der Waals surface area contributed by atoms with Crippen LogP contribution in [-0.2, 0) is 4.74 Å². The second-order valence-electron chi connectivity index (χ2n) is 3.35. The molecule has 0 unspecified atom stereocenters. The number of hydrogen-bond acceptors (Lipinski definition) is 3. The topological polar surface area (TPSA) is 35.5 Å². The molecule has 0 atom stereocenters. The quantitative estimate of drug-likeness (QED) is 0.736. The summed E-state index contributed by atoms with van der Waals surface area (Å²) in [5, 5.41) is 0. The minimum Gasteiger partial charge on any atom is -0.496 e. The normalized spacial score (nSPS) is 14.2. The molecule has 0 aliphatic carbocycles. The van der Waals surface area contributed by atoms with Gasteiger partial charge in [0.2, 0.25) is 5.78 Å². The van der Waals surface area contributed by atoms with Gasteiger partial charge in [0.15, 0.2) is 5.76 Å². The molecule has 0 amide bonds. The van der Waals surface area contributed by atoms with Crippen molar-refractivity contribution >= 4 is 5.78 Å². The molecular formula is C12H11FO3. The first-order chi connectivity index (χ1) is 7.74. The summed E-state index contributed by atoms with van der Waals surface area (Å²) in [5.74, 6) is -0.641. The smallest absolute Gasteiger partial charge is 0.233 e. The first-order valence-corrected chi connectivity index (χ1v) is 4.94. The number of hydrogen-bond donors (Lipinski definition) is 0. The van der Waals surface area contributed by atoms with Gasteiger partial charge >= 0.3 is 0 Å². The maximum absolute atomic E-state index is 13.6. The lowest BCUT2D eigenvalue weighted by molar-refractivity contribution is 0.0935. The Morgan fingerprint density at radius 2 is 2.31 bits per heavy atom. The highest BCUT2D eigenvalue weighted by Gasteiger charge is 2.23. The molecule has 1 aliphatic heterocycles. The van der Waals surface area contributed by atoms with E-state index in [4.69, 9.17) is 9.47 Å². The molecule has 0 saturated carbocycles. The molecule has 16 heavy (non-hydrogen) atoms.